The predicted molar refractivity (Wildman–Crippen MR) is 135 cm³/mol. The lowest BCUT2D eigenvalue weighted by Gasteiger charge is -2.34. The average Bonchev–Trinajstić information content (AvgIpc) is 2.93. The van der Waals surface area contributed by atoms with Crippen LogP contribution in [0.3, 0.4) is 0 Å². The molecule has 0 spiro atoms. The van der Waals surface area contributed by atoms with Gasteiger partial charge in [0, 0.05) is 11.1 Å². The highest BCUT2D eigenvalue weighted by Gasteiger charge is 2.41. The van der Waals surface area contributed by atoms with E-state index in [4.69, 9.17) is 20.9 Å². The number of halogens is 2. The third-order valence-electron chi connectivity index (χ3n) is 6.96. The van der Waals surface area contributed by atoms with E-state index in [-0.39, 0.29) is 34.4 Å². The standard InChI is InChI=1S/C30H18F2N4O2/c31-17-9-5-15(6-10-17)23-21(13-33)29(35)37-27-25(23)19-3-1-2-4-20(19)26-24(16-7-11-18(32)12-8-16)22(14-34)30(36)38-28(26)27/h1-12,23-24H,35-36H2/t23-,24+. The van der Waals surface area contributed by atoms with Gasteiger partial charge in [-0.2, -0.15) is 10.5 Å². The Hall–Kier alpha value is -5.34. The lowest BCUT2D eigenvalue weighted by molar-refractivity contribution is 0.337. The zero-order chi connectivity index (χ0) is 26.6. The lowest BCUT2D eigenvalue weighted by Crippen LogP contribution is -2.26. The summed E-state index contributed by atoms with van der Waals surface area (Å²) in [6, 6.07) is 23.4. The van der Waals surface area contributed by atoms with Gasteiger partial charge < -0.3 is 20.9 Å². The monoisotopic (exact) mass is 504 g/mol. The van der Waals surface area contributed by atoms with Crippen LogP contribution in [0, 0.1) is 34.3 Å². The highest BCUT2D eigenvalue weighted by molar-refractivity contribution is 5.97. The van der Waals surface area contributed by atoms with Gasteiger partial charge in [-0.25, -0.2) is 8.78 Å². The number of benzene rings is 4. The Bertz CT molecular complexity index is 1650. The molecule has 38 heavy (non-hydrogen) atoms. The second-order valence-corrected chi connectivity index (χ2v) is 8.98. The molecule has 184 valence electrons. The largest absolute Gasteiger partial charge is 0.436 e. The Morgan fingerprint density at radius 1 is 0.605 bits per heavy atom. The minimum Gasteiger partial charge on any atom is -0.436 e. The molecule has 2 aliphatic rings. The summed E-state index contributed by atoms with van der Waals surface area (Å²) in [5.74, 6) is -1.96. The van der Waals surface area contributed by atoms with E-state index in [9.17, 15) is 19.3 Å². The van der Waals surface area contributed by atoms with E-state index in [0.29, 0.717) is 22.3 Å². The molecule has 2 aliphatic heterocycles. The summed E-state index contributed by atoms with van der Waals surface area (Å²) >= 11 is 0. The Morgan fingerprint density at radius 3 is 1.32 bits per heavy atom. The summed E-state index contributed by atoms with van der Waals surface area (Å²) in [6.45, 7) is 0. The van der Waals surface area contributed by atoms with Crippen molar-refractivity contribution in [3.8, 4) is 23.6 Å². The first-order valence-electron chi connectivity index (χ1n) is 11.7. The second kappa shape index (κ2) is 8.65. The van der Waals surface area contributed by atoms with Crippen molar-refractivity contribution in [2.75, 3.05) is 0 Å². The Balaban J connectivity index is 1.73. The van der Waals surface area contributed by atoms with Crippen LogP contribution in [-0.2, 0) is 0 Å². The molecule has 0 bridgehead atoms. The number of nitriles is 2. The van der Waals surface area contributed by atoms with Crippen molar-refractivity contribution in [2.45, 2.75) is 11.8 Å². The highest BCUT2D eigenvalue weighted by Crippen LogP contribution is 2.56. The summed E-state index contributed by atoms with van der Waals surface area (Å²) < 4.78 is 39.7. The first-order valence-corrected chi connectivity index (χ1v) is 11.7. The maximum absolute atomic E-state index is 13.8. The maximum atomic E-state index is 13.8. The molecular weight excluding hydrogens is 486 g/mol. The van der Waals surface area contributed by atoms with Gasteiger partial charge in [0.15, 0.2) is 11.5 Å². The molecule has 4 aromatic rings. The summed E-state index contributed by atoms with van der Waals surface area (Å²) in [5, 5.41) is 21.5. The van der Waals surface area contributed by atoms with Crippen LogP contribution in [-0.4, -0.2) is 0 Å². The predicted octanol–water partition coefficient (Wildman–Crippen LogP) is 5.55. The van der Waals surface area contributed by atoms with Crippen LogP contribution in [0.25, 0.3) is 10.8 Å². The van der Waals surface area contributed by atoms with Crippen molar-refractivity contribution < 1.29 is 18.3 Å². The van der Waals surface area contributed by atoms with E-state index in [0.717, 1.165) is 10.8 Å². The van der Waals surface area contributed by atoms with Crippen molar-refractivity contribution in [1.29, 1.82) is 10.5 Å². The zero-order valence-corrected chi connectivity index (χ0v) is 19.7. The van der Waals surface area contributed by atoms with Gasteiger partial charge in [0.25, 0.3) is 0 Å². The molecule has 4 aromatic carbocycles. The number of fused-ring (bicyclic) bond motifs is 6. The molecule has 6 nitrogen and oxygen atoms in total. The molecule has 6 rings (SSSR count). The quantitative estimate of drug-likeness (QED) is 0.369. The summed E-state index contributed by atoms with van der Waals surface area (Å²) in [5.41, 5.74) is 15.3. The average molecular weight is 504 g/mol. The number of hydrogen-bond acceptors (Lipinski definition) is 6. The number of hydrogen-bond donors (Lipinski definition) is 2. The Kier molecular flexibility index (Phi) is 5.25. The molecule has 2 heterocycles. The van der Waals surface area contributed by atoms with Gasteiger partial charge in [-0.3, -0.25) is 0 Å². The van der Waals surface area contributed by atoms with E-state index in [1.807, 2.05) is 24.3 Å². The molecule has 4 N–H and O–H groups in total. The van der Waals surface area contributed by atoms with Crippen molar-refractivity contribution in [2.24, 2.45) is 11.5 Å². The van der Waals surface area contributed by atoms with Crippen molar-refractivity contribution in [3.63, 3.8) is 0 Å². The SMILES string of the molecule is N#CC1=C(N)Oc2c3c(c4ccccc4c2[C@H]1c1ccc(F)cc1)[C@H](c1ccc(F)cc1)C(C#N)=C(N)O3. The lowest BCUT2D eigenvalue weighted by atomic mass is 9.76. The minimum atomic E-state index is -0.685. The normalized spacial score (nSPS) is 18.1. The van der Waals surface area contributed by atoms with Crippen LogP contribution >= 0.6 is 0 Å². The number of ether oxygens (including phenoxy) is 2. The molecule has 0 aromatic heterocycles. The minimum absolute atomic E-state index is 0.123. The molecule has 0 unspecified atom stereocenters. The molecule has 2 atom stereocenters. The molecule has 0 aliphatic carbocycles. The zero-order valence-electron chi connectivity index (χ0n) is 19.7. The second-order valence-electron chi connectivity index (χ2n) is 8.98. The first kappa shape index (κ1) is 23.1. The van der Waals surface area contributed by atoms with Crippen LogP contribution in [0.1, 0.15) is 34.1 Å². The Labute approximate surface area is 216 Å². The topological polar surface area (TPSA) is 118 Å². The van der Waals surface area contributed by atoms with E-state index in [2.05, 4.69) is 12.1 Å². The van der Waals surface area contributed by atoms with Gasteiger partial charge in [0.1, 0.15) is 34.9 Å². The summed E-state index contributed by atoms with van der Waals surface area (Å²) in [7, 11) is 0. The molecule has 0 saturated carbocycles. The van der Waals surface area contributed by atoms with Gasteiger partial charge in [-0.1, -0.05) is 48.5 Å². The van der Waals surface area contributed by atoms with Crippen LogP contribution in [0.5, 0.6) is 11.5 Å². The highest BCUT2D eigenvalue weighted by atomic mass is 19.1. The molecule has 0 amide bonds. The van der Waals surface area contributed by atoms with E-state index in [1.54, 1.807) is 24.3 Å². The summed E-state index contributed by atoms with van der Waals surface area (Å²) in [6.07, 6.45) is 0. The number of rotatable bonds is 2. The van der Waals surface area contributed by atoms with E-state index < -0.39 is 23.5 Å². The van der Waals surface area contributed by atoms with Gasteiger partial charge in [-0.05, 0) is 46.2 Å². The molecular formula is C30H18F2N4O2. The molecule has 8 heteroatoms. The fourth-order valence-corrected chi connectivity index (χ4v) is 5.34. The fourth-order valence-electron chi connectivity index (χ4n) is 5.34. The number of nitrogens with zero attached hydrogens (tertiary/aromatic N) is 2. The number of allylic oxidation sites excluding steroid dienone is 2. The van der Waals surface area contributed by atoms with Crippen LogP contribution in [0.4, 0.5) is 8.78 Å². The van der Waals surface area contributed by atoms with Gasteiger partial charge >= 0.3 is 0 Å². The van der Waals surface area contributed by atoms with Crippen molar-refractivity contribution >= 4 is 10.8 Å². The van der Waals surface area contributed by atoms with Gasteiger partial charge in [-0.15, -0.1) is 0 Å². The molecule has 0 radical (unpaired) electrons. The fraction of sp³-hybridized carbons (Fsp3) is 0.0667. The molecule has 0 saturated heterocycles. The van der Waals surface area contributed by atoms with Crippen LogP contribution < -0.4 is 20.9 Å². The maximum Gasteiger partial charge on any atom is 0.205 e. The van der Waals surface area contributed by atoms with Crippen molar-refractivity contribution in [1.82, 2.24) is 0 Å². The molecule has 0 fully saturated rings. The van der Waals surface area contributed by atoms with Crippen molar-refractivity contribution in [3.05, 3.63) is 130 Å². The Morgan fingerprint density at radius 2 is 0.974 bits per heavy atom. The van der Waals surface area contributed by atoms with Crippen LogP contribution in [0.2, 0.25) is 0 Å². The first-order chi connectivity index (χ1) is 18.4. The third kappa shape index (κ3) is 3.36. The smallest absolute Gasteiger partial charge is 0.205 e. The van der Waals surface area contributed by atoms with Gasteiger partial charge in [0.05, 0.1) is 11.8 Å². The van der Waals surface area contributed by atoms with Gasteiger partial charge in [0.2, 0.25) is 11.8 Å². The van der Waals surface area contributed by atoms with Crippen LogP contribution in [0.15, 0.2) is 95.7 Å². The number of nitrogens with two attached hydrogens (primary N) is 2. The summed E-state index contributed by atoms with van der Waals surface area (Å²) in [4.78, 5) is 0. The van der Waals surface area contributed by atoms with E-state index >= 15 is 0 Å². The third-order valence-corrected chi connectivity index (χ3v) is 6.96. The van der Waals surface area contributed by atoms with E-state index in [1.165, 1.54) is 24.3 Å².